The van der Waals surface area contributed by atoms with E-state index in [2.05, 4.69) is 40.3 Å². The van der Waals surface area contributed by atoms with Crippen molar-refractivity contribution in [2.75, 3.05) is 5.32 Å². The zero-order valence-electron chi connectivity index (χ0n) is 10.8. The summed E-state index contributed by atoms with van der Waals surface area (Å²) >= 11 is 8.56. The van der Waals surface area contributed by atoms with Crippen molar-refractivity contribution in [1.82, 2.24) is 0 Å². The van der Waals surface area contributed by atoms with Gasteiger partial charge >= 0.3 is 0 Å². The fourth-order valence-corrected chi connectivity index (χ4v) is 2.54. The Morgan fingerprint density at radius 1 is 1.11 bits per heavy atom. The molecule has 4 heteroatoms. The molecule has 98 valence electrons. The largest absolute Gasteiger partial charge is 0.389 e. The van der Waals surface area contributed by atoms with E-state index in [0.29, 0.717) is 4.99 Å². The lowest BCUT2D eigenvalue weighted by molar-refractivity contribution is 1.39. The van der Waals surface area contributed by atoms with Gasteiger partial charge in [0.2, 0.25) is 0 Å². The molecule has 0 unspecified atom stereocenters. The highest BCUT2D eigenvalue weighted by Gasteiger charge is 2.07. The second-order valence-corrected chi connectivity index (χ2v) is 5.85. The van der Waals surface area contributed by atoms with Gasteiger partial charge in [0.05, 0.1) is 0 Å². The molecule has 2 nitrogen and oxygen atoms in total. The van der Waals surface area contributed by atoms with Crippen LogP contribution >= 0.6 is 28.1 Å². The third-order valence-electron chi connectivity index (χ3n) is 2.90. The second-order valence-electron chi connectivity index (χ2n) is 4.50. The first-order chi connectivity index (χ1) is 8.97. The van der Waals surface area contributed by atoms with Gasteiger partial charge in [-0.15, -0.1) is 0 Å². The first kappa shape index (κ1) is 14.0. The molecular weight excluding hydrogens is 320 g/mol. The zero-order chi connectivity index (χ0) is 14.0. The molecule has 0 atom stereocenters. The number of thiocarbonyl (C=S) groups is 1. The summed E-state index contributed by atoms with van der Waals surface area (Å²) in [6.07, 6.45) is 0. The van der Waals surface area contributed by atoms with Crippen LogP contribution in [0.3, 0.4) is 0 Å². The van der Waals surface area contributed by atoms with E-state index in [4.69, 9.17) is 18.0 Å². The molecule has 0 radical (unpaired) electrons. The Balaban J connectivity index is 2.42. The van der Waals surface area contributed by atoms with Crippen molar-refractivity contribution in [3.63, 3.8) is 0 Å². The van der Waals surface area contributed by atoms with Crippen LogP contribution < -0.4 is 11.1 Å². The summed E-state index contributed by atoms with van der Waals surface area (Å²) in [5.74, 6) is 0. The molecule has 2 aromatic rings. The topological polar surface area (TPSA) is 38.0 Å². The molecule has 0 saturated heterocycles. The fraction of sp³-hybridized carbons (Fsp3) is 0.133. The van der Waals surface area contributed by atoms with Gasteiger partial charge < -0.3 is 11.1 Å². The summed E-state index contributed by atoms with van der Waals surface area (Å²) in [7, 11) is 0. The van der Waals surface area contributed by atoms with Gasteiger partial charge in [-0.05, 0) is 55.3 Å². The van der Waals surface area contributed by atoms with Crippen molar-refractivity contribution in [3.8, 4) is 0 Å². The Labute approximate surface area is 127 Å². The predicted octanol–water partition coefficient (Wildman–Crippen LogP) is 4.44. The molecule has 2 rings (SSSR count). The van der Waals surface area contributed by atoms with E-state index in [0.717, 1.165) is 32.5 Å². The number of nitrogens with two attached hydrogens (primary N) is 1. The number of hydrogen-bond acceptors (Lipinski definition) is 2. The molecule has 0 bridgehead atoms. The first-order valence-corrected chi connectivity index (χ1v) is 7.11. The normalized spacial score (nSPS) is 10.3. The average Bonchev–Trinajstić information content (AvgIpc) is 2.32. The van der Waals surface area contributed by atoms with Crippen molar-refractivity contribution < 1.29 is 0 Å². The SMILES string of the molecule is Cc1ccc(C(N)=S)c(Nc2ccc(Br)cc2C)c1. The summed E-state index contributed by atoms with van der Waals surface area (Å²) in [5.41, 5.74) is 10.9. The van der Waals surface area contributed by atoms with E-state index in [1.54, 1.807) is 0 Å². The number of hydrogen-bond donors (Lipinski definition) is 2. The maximum absolute atomic E-state index is 5.76. The highest BCUT2D eigenvalue weighted by molar-refractivity contribution is 9.10. The third kappa shape index (κ3) is 3.33. The van der Waals surface area contributed by atoms with Gasteiger partial charge in [0.15, 0.2) is 0 Å². The van der Waals surface area contributed by atoms with Crippen molar-refractivity contribution in [2.45, 2.75) is 13.8 Å². The molecule has 0 aliphatic rings. The number of anilines is 2. The van der Waals surface area contributed by atoms with E-state index in [9.17, 15) is 0 Å². The second kappa shape index (κ2) is 5.72. The van der Waals surface area contributed by atoms with Crippen LogP contribution in [0.15, 0.2) is 40.9 Å². The molecule has 0 aromatic heterocycles. The van der Waals surface area contributed by atoms with Crippen LogP contribution in [0.5, 0.6) is 0 Å². The molecule has 0 saturated carbocycles. The molecule has 0 heterocycles. The fourth-order valence-electron chi connectivity index (χ4n) is 1.89. The number of rotatable bonds is 3. The van der Waals surface area contributed by atoms with Crippen LogP contribution in [0.4, 0.5) is 11.4 Å². The molecule has 3 N–H and O–H groups in total. The smallest absolute Gasteiger partial charge is 0.106 e. The van der Waals surface area contributed by atoms with Gasteiger partial charge in [-0.1, -0.05) is 34.2 Å². The Morgan fingerprint density at radius 3 is 2.47 bits per heavy atom. The van der Waals surface area contributed by atoms with Gasteiger partial charge in [0, 0.05) is 21.4 Å². The van der Waals surface area contributed by atoms with Crippen molar-refractivity contribution >= 4 is 44.5 Å². The zero-order valence-corrected chi connectivity index (χ0v) is 13.2. The van der Waals surface area contributed by atoms with Crippen LogP contribution in [0.25, 0.3) is 0 Å². The van der Waals surface area contributed by atoms with E-state index in [-0.39, 0.29) is 0 Å². The minimum absolute atomic E-state index is 0.400. The van der Waals surface area contributed by atoms with Gasteiger partial charge in [0.25, 0.3) is 0 Å². The van der Waals surface area contributed by atoms with Gasteiger partial charge in [0.1, 0.15) is 4.99 Å². The predicted molar refractivity (Wildman–Crippen MR) is 89.2 cm³/mol. The quantitative estimate of drug-likeness (QED) is 0.814. The summed E-state index contributed by atoms with van der Waals surface area (Å²) in [4.78, 5) is 0.400. The van der Waals surface area contributed by atoms with E-state index >= 15 is 0 Å². The highest BCUT2D eigenvalue weighted by Crippen LogP contribution is 2.26. The van der Waals surface area contributed by atoms with Crippen LogP contribution in [-0.2, 0) is 0 Å². The first-order valence-electron chi connectivity index (χ1n) is 5.91. The lowest BCUT2D eigenvalue weighted by Crippen LogP contribution is -2.12. The summed E-state index contributed by atoms with van der Waals surface area (Å²) in [6.45, 7) is 4.10. The number of benzene rings is 2. The van der Waals surface area contributed by atoms with Crippen molar-refractivity contribution in [3.05, 3.63) is 57.6 Å². The average molecular weight is 335 g/mol. The minimum atomic E-state index is 0.400. The van der Waals surface area contributed by atoms with Gasteiger partial charge in [-0.25, -0.2) is 0 Å². The Hall–Kier alpha value is -1.39. The van der Waals surface area contributed by atoms with Gasteiger partial charge in [-0.3, -0.25) is 0 Å². The Kier molecular flexibility index (Phi) is 4.22. The van der Waals surface area contributed by atoms with Crippen LogP contribution in [0.1, 0.15) is 16.7 Å². The third-order valence-corrected chi connectivity index (χ3v) is 3.61. The molecule has 0 aliphatic heterocycles. The number of aryl methyl sites for hydroxylation is 2. The van der Waals surface area contributed by atoms with E-state index in [1.165, 1.54) is 0 Å². The van der Waals surface area contributed by atoms with Crippen LogP contribution in [0.2, 0.25) is 0 Å². The molecule has 0 amide bonds. The molecule has 0 aliphatic carbocycles. The maximum Gasteiger partial charge on any atom is 0.106 e. The molecule has 0 spiro atoms. The van der Waals surface area contributed by atoms with E-state index < -0.39 is 0 Å². The Bertz CT molecular complexity index is 638. The Morgan fingerprint density at radius 2 is 1.84 bits per heavy atom. The van der Waals surface area contributed by atoms with Gasteiger partial charge in [-0.2, -0.15) is 0 Å². The highest BCUT2D eigenvalue weighted by atomic mass is 79.9. The summed E-state index contributed by atoms with van der Waals surface area (Å²) in [6, 6.07) is 12.1. The minimum Gasteiger partial charge on any atom is -0.389 e. The van der Waals surface area contributed by atoms with Crippen molar-refractivity contribution in [2.24, 2.45) is 5.73 Å². The monoisotopic (exact) mass is 334 g/mol. The molecule has 0 fully saturated rings. The number of nitrogens with one attached hydrogen (secondary N) is 1. The van der Waals surface area contributed by atoms with Crippen molar-refractivity contribution in [1.29, 1.82) is 0 Å². The lowest BCUT2D eigenvalue weighted by Gasteiger charge is -2.14. The number of halogens is 1. The van der Waals surface area contributed by atoms with Crippen LogP contribution in [0, 0.1) is 13.8 Å². The molecule has 19 heavy (non-hydrogen) atoms. The summed E-state index contributed by atoms with van der Waals surface area (Å²) < 4.78 is 1.06. The van der Waals surface area contributed by atoms with Crippen LogP contribution in [-0.4, -0.2) is 4.99 Å². The standard InChI is InChI=1S/C15H15BrN2S/c1-9-3-5-12(15(17)19)14(7-9)18-13-6-4-11(16)8-10(13)2/h3-8,18H,1-2H3,(H2,17,19). The maximum atomic E-state index is 5.76. The molecular formula is C15H15BrN2S. The van der Waals surface area contributed by atoms with E-state index in [1.807, 2.05) is 31.2 Å². The lowest BCUT2D eigenvalue weighted by atomic mass is 10.1. The summed E-state index contributed by atoms with van der Waals surface area (Å²) in [5, 5.41) is 3.40. The molecule has 2 aromatic carbocycles.